The van der Waals surface area contributed by atoms with Crippen molar-refractivity contribution in [3.05, 3.63) is 24.0 Å². The maximum atomic E-state index is 6.03. The fourth-order valence-corrected chi connectivity index (χ4v) is 4.28. The van der Waals surface area contributed by atoms with E-state index in [0.717, 1.165) is 56.8 Å². The lowest BCUT2D eigenvalue weighted by Crippen LogP contribution is -2.55. The Morgan fingerprint density at radius 1 is 1.03 bits per heavy atom. The molecule has 1 aromatic rings. The van der Waals surface area contributed by atoms with Crippen LogP contribution in [-0.2, 0) is 15.9 Å². The summed E-state index contributed by atoms with van der Waals surface area (Å²) in [6, 6.07) is 4.82. The number of ether oxygens (including phenoxy) is 3. The first-order valence-corrected chi connectivity index (χ1v) is 11.4. The summed E-state index contributed by atoms with van der Waals surface area (Å²) in [6.45, 7) is 12.3. The Hall–Kier alpha value is -1.17. The van der Waals surface area contributed by atoms with E-state index in [1.165, 1.54) is 6.42 Å². The summed E-state index contributed by atoms with van der Waals surface area (Å²) in [7, 11) is 1.76. The molecule has 2 heterocycles. The SMILES string of the molecule is COC1CC(Oc2ccc(CC(C)CC(C)CCOC3CN(C(C)C)C3)nc2)C1. The van der Waals surface area contributed by atoms with Crippen molar-refractivity contribution in [3.8, 4) is 5.75 Å². The molecule has 1 aliphatic carbocycles. The van der Waals surface area contributed by atoms with Gasteiger partial charge in [0.2, 0.25) is 0 Å². The van der Waals surface area contributed by atoms with Crippen LogP contribution < -0.4 is 4.74 Å². The first-order valence-electron chi connectivity index (χ1n) is 11.4. The molecule has 5 heteroatoms. The normalized spacial score (nSPS) is 24.8. The minimum absolute atomic E-state index is 0.281. The third kappa shape index (κ3) is 6.94. The van der Waals surface area contributed by atoms with Crippen molar-refractivity contribution < 1.29 is 14.2 Å². The van der Waals surface area contributed by atoms with Crippen LogP contribution >= 0.6 is 0 Å². The van der Waals surface area contributed by atoms with Crippen molar-refractivity contribution in [1.29, 1.82) is 0 Å². The molecular weight excluding hydrogens is 364 g/mol. The predicted octanol–water partition coefficient (Wildman–Crippen LogP) is 4.34. The van der Waals surface area contributed by atoms with E-state index < -0.39 is 0 Å². The van der Waals surface area contributed by atoms with Gasteiger partial charge in [-0.1, -0.05) is 13.8 Å². The Labute approximate surface area is 177 Å². The van der Waals surface area contributed by atoms with Crippen LogP contribution in [0.2, 0.25) is 0 Å². The van der Waals surface area contributed by atoms with Gasteiger partial charge in [-0.3, -0.25) is 9.88 Å². The Kier molecular flexibility index (Phi) is 8.34. The molecule has 2 unspecified atom stereocenters. The van der Waals surface area contributed by atoms with Gasteiger partial charge < -0.3 is 14.2 Å². The summed E-state index contributed by atoms with van der Waals surface area (Å²) in [5, 5.41) is 0. The van der Waals surface area contributed by atoms with E-state index in [1.807, 2.05) is 6.20 Å². The molecule has 2 aliphatic rings. The van der Waals surface area contributed by atoms with Crippen molar-refractivity contribution in [3.63, 3.8) is 0 Å². The minimum atomic E-state index is 0.281. The lowest BCUT2D eigenvalue weighted by molar-refractivity contribution is -0.0693. The maximum Gasteiger partial charge on any atom is 0.138 e. The molecule has 0 spiro atoms. The summed E-state index contributed by atoms with van der Waals surface area (Å²) in [6.07, 6.45) is 8.31. The van der Waals surface area contributed by atoms with E-state index in [9.17, 15) is 0 Å². The topological polar surface area (TPSA) is 43.8 Å². The number of aromatic nitrogens is 1. The van der Waals surface area contributed by atoms with Crippen LogP contribution in [0.3, 0.4) is 0 Å². The van der Waals surface area contributed by atoms with E-state index in [2.05, 4.69) is 49.7 Å². The molecule has 0 N–H and O–H groups in total. The Morgan fingerprint density at radius 2 is 1.79 bits per heavy atom. The van der Waals surface area contributed by atoms with E-state index >= 15 is 0 Å². The van der Waals surface area contributed by atoms with Crippen LogP contribution in [0.15, 0.2) is 18.3 Å². The number of methoxy groups -OCH3 is 1. The number of hydrogen-bond donors (Lipinski definition) is 0. The van der Waals surface area contributed by atoms with Crippen molar-refractivity contribution in [1.82, 2.24) is 9.88 Å². The number of likely N-dealkylation sites (tertiary alicyclic amines) is 1. The molecule has 0 bridgehead atoms. The lowest BCUT2D eigenvalue weighted by Gasteiger charge is -2.41. The highest BCUT2D eigenvalue weighted by Crippen LogP contribution is 2.28. The monoisotopic (exact) mass is 404 g/mol. The summed E-state index contributed by atoms with van der Waals surface area (Å²) in [5.41, 5.74) is 1.15. The van der Waals surface area contributed by atoms with Crippen LogP contribution in [0.1, 0.15) is 59.1 Å². The Bertz CT molecular complexity index is 595. The highest BCUT2D eigenvalue weighted by Gasteiger charge is 2.31. The number of rotatable bonds is 12. The van der Waals surface area contributed by atoms with Crippen molar-refractivity contribution in [2.24, 2.45) is 11.8 Å². The summed E-state index contributed by atoms with van der Waals surface area (Å²) >= 11 is 0. The first-order chi connectivity index (χ1) is 13.9. The van der Waals surface area contributed by atoms with Gasteiger partial charge in [-0.05, 0) is 57.1 Å². The maximum absolute atomic E-state index is 6.03. The second-order valence-corrected chi connectivity index (χ2v) is 9.53. The van der Waals surface area contributed by atoms with Crippen LogP contribution in [0, 0.1) is 11.8 Å². The van der Waals surface area contributed by atoms with Gasteiger partial charge in [0.1, 0.15) is 11.9 Å². The molecule has 0 radical (unpaired) electrons. The second kappa shape index (κ2) is 10.7. The third-order valence-electron chi connectivity index (χ3n) is 6.42. The minimum Gasteiger partial charge on any atom is -0.489 e. The molecule has 164 valence electrons. The zero-order valence-corrected chi connectivity index (χ0v) is 19.0. The van der Waals surface area contributed by atoms with Crippen LogP contribution in [0.5, 0.6) is 5.75 Å². The zero-order valence-electron chi connectivity index (χ0n) is 19.0. The van der Waals surface area contributed by atoms with E-state index in [1.54, 1.807) is 7.11 Å². The fourth-order valence-electron chi connectivity index (χ4n) is 4.28. The number of nitrogens with zero attached hydrogens (tertiary/aromatic N) is 2. The molecule has 1 saturated carbocycles. The molecule has 0 aromatic carbocycles. The van der Waals surface area contributed by atoms with Gasteiger partial charge in [-0.25, -0.2) is 0 Å². The van der Waals surface area contributed by atoms with Gasteiger partial charge in [0, 0.05) is 51.4 Å². The largest absolute Gasteiger partial charge is 0.489 e. The summed E-state index contributed by atoms with van der Waals surface area (Å²) in [4.78, 5) is 7.08. The smallest absolute Gasteiger partial charge is 0.138 e. The molecule has 2 atom stereocenters. The van der Waals surface area contributed by atoms with Crippen LogP contribution in [-0.4, -0.2) is 61.0 Å². The van der Waals surface area contributed by atoms with Gasteiger partial charge in [0.25, 0.3) is 0 Å². The third-order valence-corrected chi connectivity index (χ3v) is 6.42. The lowest BCUT2D eigenvalue weighted by atomic mass is 9.91. The van der Waals surface area contributed by atoms with Gasteiger partial charge in [0.05, 0.1) is 18.4 Å². The average Bonchev–Trinajstić information content (AvgIpc) is 2.60. The highest BCUT2D eigenvalue weighted by molar-refractivity contribution is 5.20. The van der Waals surface area contributed by atoms with E-state index in [0.29, 0.717) is 30.1 Å². The van der Waals surface area contributed by atoms with Gasteiger partial charge in [-0.2, -0.15) is 0 Å². The first kappa shape index (κ1) is 22.5. The van der Waals surface area contributed by atoms with Crippen LogP contribution in [0.25, 0.3) is 0 Å². The second-order valence-electron chi connectivity index (χ2n) is 9.53. The Morgan fingerprint density at radius 3 is 2.41 bits per heavy atom. The zero-order chi connectivity index (χ0) is 20.8. The molecular formula is C24H40N2O3. The summed E-state index contributed by atoms with van der Waals surface area (Å²) in [5.74, 6) is 2.18. The van der Waals surface area contributed by atoms with E-state index in [-0.39, 0.29) is 6.10 Å². The van der Waals surface area contributed by atoms with Crippen LogP contribution in [0.4, 0.5) is 0 Å². The van der Waals surface area contributed by atoms with E-state index in [4.69, 9.17) is 14.2 Å². The molecule has 5 nitrogen and oxygen atoms in total. The molecule has 1 aliphatic heterocycles. The molecule has 29 heavy (non-hydrogen) atoms. The van der Waals surface area contributed by atoms with Gasteiger partial charge in [-0.15, -0.1) is 0 Å². The fraction of sp³-hybridized carbons (Fsp3) is 0.792. The standard InChI is InChI=1S/C24H40N2O3/c1-17(2)26-15-24(16-26)28-9-8-18(3)10-19(4)11-20-6-7-21(14-25-20)29-23-12-22(13-23)27-5/h6-7,14,17-19,22-24H,8-13,15-16H2,1-5H3. The molecule has 1 aromatic heterocycles. The average molecular weight is 405 g/mol. The molecule has 2 fully saturated rings. The van der Waals surface area contributed by atoms with Crippen molar-refractivity contribution in [2.75, 3.05) is 26.8 Å². The van der Waals surface area contributed by atoms with Gasteiger partial charge in [0.15, 0.2) is 0 Å². The summed E-state index contributed by atoms with van der Waals surface area (Å²) < 4.78 is 17.3. The Balaban J connectivity index is 1.28. The molecule has 1 saturated heterocycles. The quantitative estimate of drug-likeness (QED) is 0.518. The number of pyridine rings is 1. The number of hydrogen-bond acceptors (Lipinski definition) is 5. The van der Waals surface area contributed by atoms with Crippen molar-refractivity contribution >= 4 is 0 Å². The van der Waals surface area contributed by atoms with Crippen molar-refractivity contribution in [2.45, 2.75) is 84.2 Å². The predicted molar refractivity (Wildman–Crippen MR) is 116 cm³/mol. The van der Waals surface area contributed by atoms with Gasteiger partial charge >= 0.3 is 0 Å². The highest BCUT2D eigenvalue weighted by atomic mass is 16.5. The molecule has 0 amide bonds. The molecule has 3 rings (SSSR count).